The van der Waals surface area contributed by atoms with Gasteiger partial charge in [0.25, 0.3) is 11.1 Å². The SMILES string of the molecule is CCOc1ccc2ccccc2c1/C=C1/SC(=O)N(CC(=O)Nc2ccc(Cl)cc2)C1=O. The van der Waals surface area contributed by atoms with Crippen molar-refractivity contribution in [1.29, 1.82) is 0 Å². The molecule has 0 saturated carbocycles. The van der Waals surface area contributed by atoms with Gasteiger partial charge in [0.15, 0.2) is 0 Å². The Hall–Kier alpha value is -3.29. The van der Waals surface area contributed by atoms with E-state index in [-0.39, 0.29) is 11.4 Å². The lowest BCUT2D eigenvalue weighted by Gasteiger charge is -2.13. The Kier molecular flexibility index (Phi) is 6.48. The fourth-order valence-corrected chi connectivity index (χ4v) is 4.30. The van der Waals surface area contributed by atoms with Crippen LogP contribution in [0.3, 0.4) is 0 Å². The van der Waals surface area contributed by atoms with Crippen molar-refractivity contribution in [3.05, 3.63) is 76.2 Å². The molecule has 1 aliphatic rings. The van der Waals surface area contributed by atoms with Crippen molar-refractivity contribution in [1.82, 2.24) is 4.90 Å². The second kappa shape index (κ2) is 9.46. The highest BCUT2D eigenvalue weighted by molar-refractivity contribution is 8.18. The van der Waals surface area contributed by atoms with Crippen molar-refractivity contribution in [2.24, 2.45) is 0 Å². The van der Waals surface area contributed by atoms with E-state index in [9.17, 15) is 14.4 Å². The predicted octanol–water partition coefficient (Wildman–Crippen LogP) is 5.57. The average molecular weight is 467 g/mol. The zero-order valence-electron chi connectivity index (χ0n) is 17.1. The van der Waals surface area contributed by atoms with Crippen molar-refractivity contribution in [3.63, 3.8) is 0 Å². The molecule has 1 heterocycles. The maximum Gasteiger partial charge on any atom is 0.294 e. The molecule has 1 fully saturated rings. The summed E-state index contributed by atoms with van der Waals surface area (Å²) in [5.74, 6) is -0.365. The zero-order valence-corrected chi connectivity index (χ0v) is 18.7. The molecular formula is C24H19ClN2O4S. The standard InChI is InChI=1S/C24H19ClN2O4S/c1-2-31-20-12-7-15-5-3-4-6-18(15)19(20)13-21-23(29)27(24(30)32-21)14-22(28)26-17-10-8-16(25)9-11-17/h3-13H,2,14H2,1H3,(H,26,28)/b21-13+. The van der Waals surface area contributed by atoms with E-state index in [1.54, 1.807) is 30.3 Å². The highest BCUT2D eigenvalue weighted by Crippen LogP contribution is 2.36. The minimum absolute atomic E-state index is 0.242. The number of nitrogens with one attached hydrogen (secondary N) is 1. The lowest BCUT2D eigenvalue weighted by atomic mass is 10.0. The van der Waals surface area contributed by atoms with Crippen LogP contribution in [0.15, 0.2) is 65.6 Å². The molecule has 6 nitrogen and oxygen atoms in total. The third kappa shape index (κ3) is 4.64. The molecule has 32 heavy (non-hydrogen) atoms. The Morgan fingerprint density at radius 1 is 1.09 bits per heavy atom. The van der Waals surface area contributed by atoms with Crippen LogP contribution in [-0.2, 0) is 9.59 Å². The van der Waals surface area contributed by atoms with Crippen LogP contribution in [0.1, 0.15) is 12.5 Å². The fraction of sp³-hybridized carbons (Fsp3) is 0.125. The summed E-state index contributed by atoms with van der Waals surface area (Å²) in [5.41, 5.74) is 1.25. The van der Waals surface area contributed by atoms with E-state index in [1.165, 1.54) is 0 Å². The highest BCUT2D eigenvalue weighted by atomic mass is 35.5. The van der Waals surface area contributed by atoms with E-state index in [0.717, 1.165) is 33.0 Å². The average Bonchev–Trinajstić information content (AvgIpc) is 3.04. The lowest BCUT2D eigenvalue weighted by molar-refractivity contribution is -0.127. The number of hydrogen-bond acceptors (Lipinski definition) is 5. The van der Waals surface area contributed by atoms with Crippen LogP contribution in [0, 0.1) is 0 Å². The number of carbonyl (C=O) groups excluding carboxylic acids is 3. The van der Waals surface area contributed by atoms with E-state index in [0.29, 0.717) is 23.1 Å². The first-order chi connectivity index (χ1) is 15.5. The van der Waals surface area contributed by atoms with Gasteiger partial charge in [-0.3, -0.25) is 19.3 Å². The molecule has 0 unspecified atom stereocenters. The highest BCUT2D eigenvalue weighted by Gasteiger charge is 2.36. The third-order valence-electron chi connectivity index (χ3n) is 4.81. The van der Waals surface area contributed by atoms with E-state index >= 15 is 0 Å². The summed E-state index contributed by atoms with van der Waals surface area (Å²) in [6.45, 7) is 1.97. The van der Waals surface area contributed by atoms with E-state index in [2.05, 4.69) is 5.32 Å². The number of amides is 3. The van der Waals surface area contributed by atoms with Gasteiger partial charge >= 0.3 is 0 Å². The first-order valence-electron chi connectivity index (χ1n) is 9.91. The molecule has 1 aliphatic heterocycles. The second-order valence-electron chi connectivity index (χ2n) is 6.95. The molecule has 4 rings (SSSR count). The number of nitrogens with zero attached hydrogens (tertiary/aromatic N) is 1. The largest absolute Gasteiger partial charge is 0.493 e. The van der Waals surface area contributed by atoms with Crippen LogP contribution in [0.2, 0.25) is 5.02 Å². The topological polar surface area (TPSA) is 75.7 Å². The van der Waals surface area contributed by atoms with Gasteiger partial charge in [0.05, 0.1) is 11.5 Å². The molecule has 0 aliphatic carbocycles. The van der Waals surface area contributed by atoms with Gasteiger partial charge in [-0.25, -0.2) is 0 Å². The number of thioether (sulfide) groups is 1. The van der Waals surface area contributed by atoms with Gasteiger partial charge in [0.1, 0.15) is 12.3 Å². The second-order valence-corrected chi connectivity index (χ2v) is 8.38. The molecule has 0 bridgehead atoms. The normalized spacial score (nSPS) is 14.9. The van der Waals surface area contributed by atoms with Crippen LogP contribution in [0.4, 0.5) is 10.5 Å². The maximum atomic E-state index is 12.9. The summed E-state index contributed by atoms with van der Waals surface area (Å²) in [7, 11) is 0. The van der Waals surface area contributed by atoms with Crippen molar-refractivity contribution in [2.75, 3.05) is 18.5 Å². The first kappa shape index (κ1) is 21.9. The monoisotopic (exact) mass is 466 g/mol. The Labute approximate surface area is 194 Å². The summed E-state index contributed by atoms with van der Waals surface area (Å²) in [6.07, 6.45) is 1.66. The number of rotatable bonds is 6. The van der Waals surface area contributed by atoms with Gasteiger partial charge < -0.3 is 10.1 Å². The summed E-state index contributed by atoms with van der Waals surface area (Å²) < 4.78 is 5.75. The van der Waals surface area contributed by atoms with Crippen molar-refractivity contribution >= 4 is 63.0 Å². The Morgan fingerprint density at radius 2 is 1.84 bits per heavy atom. The fourth-order valence-electron chi connectivity index (χ4n) is 3.35. The lowest BCUT2D eigenvalue weighted by Crippen LogP contribution is -2.36. The van der Waals surface area contributed by atoms with Gasteiger partial charge in [-0.15, -0.1) is 0 Å². The molecule has 3 amide bonds. The van der Waals surface area contributed by atoms with E-state index in [4.69, 9.17) is 16.3 Å². The predicted molar refractivity (Wildman–Crippen MR) is 128 cm³/mol. The first-order valence-corrected chi connectivity index (χ1v) is 11.1. The summed E-state index contributed by atoms with van der Waals surface area (Å²) in [5, 5.41) is 4.60. The molecule has 162 valence electrons. The number of anilines is 1. The summed E-state index contributed by atoms with van der Waals surface area (Å²) in [6, 6.07) is 18.1. The van der Waals surface area contributed by atoms with Gasteiger partial charge in [-0.05, 0) is 65.9 Å². The summed E-state index contributed by atoms with van der Waals surface area (Å²) in [4.78, 5) is 39.0. The van der Waals surface area contributed by atoms with Crippen molar-refractivity contribution < 1.29 is 19.1 Å². The maximum absolute atomic E-state index is 12.9. The molecule has 0 spiro atoms. The van der Waals surface area contributed by atoms with Crippen LogP contribution in [0.5, 0.6) is 5.75 Å². The number of ether oxygens (including phenoxy) is 1. The van der Waals surface area contributed by atoms with Gasteiger partial charge in [0.2, 0.25) is 5.91 Å². The molecule has 8 heteroatoms. The zero-order chi connectivity index (χ0) is 22.7. The molecule has 0 atom stereocenters. The molecule has 3 aromatic carbocycles. The van der Waals surface area contributed by atoms with Crippen LogP contribution in [-0.4, -0.2) is 35.1 Å². The van der Waals surface area contributed by atoms with E-state index in [1.807, 2.05) is 43.3 Å². The number of fused-ring (bicyclic) bond motifs is 1. The number of halogens is 1. The van der Waals surface area contributed by atoms with E-state index < -0.39 is 17.1 Å². The summed E-state index contributed by atoms with van der Waals surface area (Å²) >= 11 is 6.65. The molecule has 1 saturated heterocycles. The number of hydrogen-bond donors (Lipinski definition) is 1. The molecule has 0 radical (unpaired) electrons. The van der Waals surface area contributed by atoms with Gasteiger partial charge in [-0.2, -0.15) is 0 Å². The van der Waals surface area contributed by atoms with Crippen LogP contribution in [0.25, 0.3) is 16.8 Å². The third-order valence-corrected chi connectivity index (χ3v) is 5.97. The Balaban J connectivity index is 1.58. The van der Waals surface area contributed by atoms with Crippen LogP contribution < -0.4 is 10.1 Å². The number of benzene rings is 3. The van der Waals surface area contributed by atoms with Crippen molar-refractivity contribution in [3.8, 4) is 5.75 Å². The Morgan fingerprint density at radius 3 is 2.59 bits per heavy atom. The molecule has 0 aromatic heterocycles. The quantitative estimate of drug-likeness (QED) is 0.481. The number of carbonyl (C=O) groups is 3. The molecule has 3 aromatic rings. The van der Waals surface area contributed by atoms with Gasteiger partial charge in [0, 0.05) is 16.3 Å². The molecular weight excluding hydrogens is 448 g/mol. The van der Waals surface area contributed by atoms with Crippen molar-refractivity contribution in [2.45, 2.75) is 6.92 Å². The van der Waals surface area contributed by atoms with Crippen LogP contribution >= 0.6 is 23.4 Å². The smallest absolute Gasteiger partial charge is 0.294 e. The Bertz CT molecular complexity index is 1240. The molecule has 1 N–H and O–H groups in total. The minimum atomic E-state index is -0.512. The van der Waals surface area contributed by atoms with Gasteiger partial charge in [-0.1, -0.05) is 41.9 Å². The number of imide groups is 1. The minimum Gasteiger partial charge on any atom is -0.493 e.